The highest BCUT2D eigenvalue weighted by Crippen LogP contribution is 2.35. The van der Waals surface area contributed by atoms with E-state index in [0.29, 0.717) is 21.9 Å². The Bertz CT molecular complexity index is 1070. The molecule has 142 valence electrons. The standard InChI is InChI=1S/C20H24N4O2S/c1-5-6-12-15-21-17-16(19(25)24(4)20(26)23(17)3)18(22-15)27-13(2)14-10-8-7-9-11-14/h7-11,13H,5-6,12H2,1-4H3/t13-/m1/s1. The van der Waals surface area contributed by atoms with Gasteiger partial charge < -0.3 is 0 Å². The first-order valence-corrected chi connectivity index (χ1v) is 10.00. The number of aryl methyl sites for hydroxylation is 2. The minimum Gasteiger partial charge on any atom is -0.280 e. The number of rotatable bonds is 6. The lowest BCUT2D eigenvalue weighted by atomic mass is 10.2. The molecule has 0 saturated heterocycles. The van der Waals surface area contributed by atoms with Gasteiger partial charge in [-0.1, -0.05) is 55.4 Å². The van der Waals surface area contributed by atoms with Crippen molar-refractivity contribution < 1.29 is 0 Å². The van der Waals surface area contributed by atoms with Crippen molar-refractivity contribution in [2.75, 3.05) is 0 Å². The maximum Gasteiger partial charge on any atom is 0.332 e. The zero-order chi connectivity index (χ0) is 19.6. The van der Waals surface area contributed by atoms with Crippen LogP contribution in [0.25, 0.3) is 11.0 Å². The minimum absolute atomic E-state index is 0.116. The molecule has 27 heavy (non-hydrogen) atoms. The van der Waals surface area contributed by atoms with E-state index in [-0.39, 0.29) is 16.5 Å². The zero-order valence-electron chi connectivity index (χ0n) is 16.1. The van der Waals surface area contributed by atoms with Crippen LogP contribution in [0.15, 0.2) is 44.9 Å². The van der Waals surface area contributed by atoms with E-state index in [4.69, 9.17) is 4.98 Å². The average molecular weight is 385 g/mol. The Morgan fingerprint density at radius 2 is 1.78 bits per heavy atom. The molecule has 0 amide bonds. The maximum atomic E-state index is 12.8. The molecule has 0 fully saturated rings. The highest BCUT2D eigenvalue weighted by molar-refractivity contribution is 7.99. The number of fused-ring (bicyclic) bond motifs is 1. The minimum atomic E-state index is -0.375. The van der Waals surface area contributed by atoms with Gasteiger partial charge >= 0.3 is 5.69 Å². The lowest BCUT2D eigenvalue weighted by Crippen LogP contribution is -2.37. The van der Waals surface area contributed by atoms with E-state index in [9.17, 15) is 9.59 Å². The quantitative estimate of drug-likeness (QED) is 0.482. The van der Waals surface area contributed by atoms with Crippen molar-refractivity contribution >= 4 is 22.8 Å². The van der Waals surface area contributed by atoms with Crippen molar-refractivity contribution in [2.45, 2.75) is 43.4 Å². The molecule has 0 aliphatic carbocycles. The van der Waals surface area contributed by atoms with E-state index in [1.807, 2.05) is 18.2 Å². The van der Waals surface area contributed by atoms with Crippen molar-refractivity contribution in [2.24, 2.45) is 14.1 Å². The molecule has 0 saturated carbocycles. The van der Waals surface area contributed by atoms with Crippen molar-refractivity contribution in [3.8, 4) is 0 Å². The number of hydrogen-bond donors (Lipinski definition) is 0. The van der Waals surface area contributed by atoms with Crippen molar-refractivity contribution in [3.05, 3.63) is 62.6 Å². The zero-order valence-corrected chi connectivity index (χ0v) is 16.9. The van der Waals surface area contributed by atoms with E-state index in [2.05, 4.69) is 31.0 Å². The monoisotopic (exact) mass is 384 g/mol. The molecule has 3 aromatic rings. The first-order chi connectivity index (χ1) is 12.9. The third-order valence-corrected chi connectivity index (χ3v) is 5.77. The number of nitrogens with zero attached hydrogens (tertiary/aromatic N) is 4. The van der Waals surface area contributed by atoms with Gasteiger partial charge in [0.25, 0.3) is 5.56 Å². The molecule has 1 aromatic carbocycles. The fourth-order valence-electron chi connectivity index (χ4n) is 2.96. The van der Waals surface area contributed by atoms with Crippen LogP contribution in [0.3, 0.4) is 0 Å². The molecular formula is C20H24N4O2S. The van der Waals surface area contributed by atoms with Gasteiger partial charge in [-0.15, -0.1) is 0 Å². The Morgan fingerprint density at radius 1 is 1.07 bits per heavy atom. The summed E-state index contributed by atoms with van der Waals surface area (Å²) in [4.78, 5) is 34.4. The van der Waals surface area contributed by atoms with Crippen molar-refractivity contribution in [1.82, 2.24) is 19.1 Å². The van der Waals surface area contributed by atoms with E-state index in [1.165, 1.54) is 23.4 Å². The number of hydrogen-bond acceptors (Lipinski definition) is 5. The summed E-state index contributed by atoms with van der Waals surface area (Å²) in [5.41, 5.74) is 0.843. The molecule has 3 rings (SSSR count). The summed E-state index contributed by atoms with van der Waals surface area (Å²) < 4.78 is 2.56. The molecule has 2 aromatic heterocycles. The van der Waals surface area contributed by atoms with Crippen molar-refractivity contribution in [3.63, 3.8) is 0 Å². The van der Waals surface area contributed by atoms with Crippen LogP contribution in [0.5, 0.6) is 0 Å². The molecule has 0 aliphatic heterocycles. The van der Waals surface area contributed by atoms with Crippen LogP contribution < -0.4 is 11.2 Å². The molecule has 2 heterocycles. The van der Waals surface area contributed by atoms with Gasteiger partial charge in [0.15, 0.2) is 5.65 Å². The van der Waals surface area contributed by atoms with Crippen LogP contribution in [0.1, 0.15) is 43.3 Å². The second-order valence-electron chi connectivity index (χ2n) is 6.62. The fraction of sp³-hybridized carbons (Fsp3) is 0.400. The van der Waals surface area contributed by atoms with Gasteiger partial charge in [0.2, 0.25) is 0 Å². The Balaban J connectivity index is 2.19. The smallest absolute Gasteiger partial charge is 0.280 e. The third kappa shape index (κ3) is 3.83. The Hall–Kier alpha value is -2.41. The largest absolute Gasteiger partial charge is 0.332 e. The highest BCUT2D eigenvalue weighted by Gasteiger charge is 2.19. The third-order valence-electron chi connectivity index (χ3n) is 4.62. The number of benzene rings is 1. The summed E-state index contributed by atoms with van der Waals surface area (Å²) in [6.07, 6.45) is 2.71. The van der Waals surface area contributed by atoms with Gasteiger partial charge in [-0.05, 0) is 18.9 Å². The van der Waals surface area contributed by atoms with Gasteiger partial charge in [0.1, 0.15) is 16.2 Å². The first-order valence-electron chi connectivity index (χ1n) is 9.12. The lowest BCUT2D eigenvalue weighted by Gasteiger charge is -2.15. The van der Waals surface area contributed by atoms with Crippen LogP contribution in [0.4, 0.5) is 0 Å². The lowest BCUT2D eigenvalue weighted by molar-refractivity contribution is 0.690. The van der Waals surface area contributed by atoms with Crippen LogP contribution in [0, 0.1) is 0 Å². The van der Waals surface area contributed by atoms with E-state index < -0.39 is 0 Å². The topological polar surface area (TPSA) is 69.8 Å². The van der Waals surface area contributed by atoms with Gasteiger partial charge in [0.05, 0.1) is 0 Å². The van der Waals surface area contributed by atoms with Gasteiger partial charge in [-0.25, -0.2) is 14.8 Å². The normalized spacial score (nSPS) is 12.4. The molecular weight excluding hydrogens is 360 g/mol. The van der Waals surface area contributed by atoms with Gasteiger partial charge in [-0.2, -0.15) is 0 Å². The van der Waals surface area contributed by atoms with Crippen LogP contribution in [-0.2, 0) is 20.5 Å². The average Bonchev–Trinajstić information content (AvgIpc) is 2.69. The molecule has 0 bridgehead atoms. The molecule has 1 atom stereocenters. The van der Waals surface area contributed by atoms with E-state index in [1.54, 1.807) is 7.05 Å². The van der Waals surface area contributed by atoms with Gasteiger partial charge in [0, 0.05) is 25.8 Å². The highest BCUT2D eigenvalue weighted by atomic mass is 32.2. The number of thioether (sulfide) groups is 1. The second kappa shape index (κ2) is 8.08. The fourth-order valence-corrected chi connectivity index (χ4v) is 4.05. The SMILES string of the molecule is CCCCc1nc(S[C@H](C)c2ccccc2)c2c(=O)n(C)c(=O)n(C)c2n1. The summed E-state index contributed by atoms with van der Waals surface area (Å²) in [6, 6.07) is 10.1. The predicted molar refractivity (Wildman–Crippen MR) is 109 cm³/mol. The molecule has 0 radical (unpaired) electrons. The van der Waals surface area contributed by atoms with Gasteiger partial charge in [-0.3, -0.25) is 13.9 Å². The Labute approximate surface area is 162 Å². The summed E-state index contributed by atoms with van der Waals surface area (Å²) in [7, 11) is 3.14. The van der Waals surface area contributed by atoms with Crippen LogP contribution >= 0.6 is 11.8 Å². The molecule has 0 aliphatic rings. The van der Waals surface area contributed by atoms with E-state index >= 15 is 0 Å². The Morgan fingerprint density at radius 3 is 2.44 bits per heavy atom. The molecule has 0 spiro atoms. The van der Waals surface area contributed by atoms with Crippen molar-refractivity contribution in [1.29, 1.82) is 0 Å². The molecule has 7 heteroatoms. The molecule has 0 unspecified atom stereocenters. The van der Waals surface area contributed by atoms with Crippen LogP contribution in [0.2, 0.25) is 0 Å². The van der Waals surface area contributed by atoms with E-state index in [0.717, 1.165) is 29.4 Å². The molecule has 6 nitrogen and oxygen atoms in total. The predicted octanol–water partition coefficient (Wildman–Crippen LogP) is 3.22. The first kappa shape index (κ1) is 19.4. The maximum absolute atomic E-state index is 12.8. The molecule has 0 N–H and O–H groups in total. The summed E-state index contributed by atoms with van der Waals surface area (Å²) in [5.74, 6) is 0.676. The number of unbranched alkanes of at least 4 members (excludes halogenated alkanes) is 1. The summed E-state index contributed by atoms with van der Waals surface area (Å²) in [6.45, 7) is 4.20. The second-order valence-corrected chi connectivity index (χ2v) is 7.95. The Kier molecular flexibility index (Phi) is 5.79. The summed E-state index contributed by atoms with van der Waals surface area (Å²) >= 11 is 1.53. The van der Waals surface area contributed by atoms with Crippen LogP contribution in [-0.4, -0.2) is 19.1 Å². The number of aromatic nitrogens is 4. The summed E-state index contributed by atoms with van der Waals surface area (Å²) in [5, 5.41) is 1.16.